The normalized spacial score (nSPS) is 26.9. The minimum Gasteiger partial charge on any atom is -0.479 e. The maximum Gasteiger partial charge on any atom is 0.408 e. The van der Waals surface area contributed by atoms with Crippen molar-refractivity contribution in [2.24, 2.45) is 11.3 Å². The summed E-state index contributed by atoms with van der Waals surface area (Å²) >= 11 is 0. The summed E-state index contributed by atoms with van der Waals surface area (Å²) in [6.45, 7) is 13.5. The lowest BCUT2D eigenvalue weighted by Gasteiger charge is -2.45. The number of aliphatic carboxylic acids is 1. The van der Waals surface area contributed by atoms with E-state index >= 15 is 0 Å². The molecular weight excluding hydrogens is 394 g/mol. The van der Waals surface area contributed by atoms with E-state index in [0.717, 1.165) is 5.01 Å². The molecule has 3 unspecified atom stereocenters. The van der Waals surface area contributed by atoms with Crippen LogP contribution in [0, 0.1) is 11.3 Å². The number of carbonyl (C=O) groups is 4. The molecule has 0 spiro atoms. The molecule has 0 aromatic rings. The van der Waals surface area contributed by atoms with Crippen LogP contribution in [-0.4, -0.2) is 75.9 Å². The average Bonchev–Trinajstić information content (AvgIpc) is 3.06. The van der Waals surface area contributed by atoms with E-state index in [9.17, 15) is 24.3 Å². The Balaban J connectivity index is 2.39. The Kier molecular flexibility index (Phi) is 6.23. The molecule has 30 heavy (non-hydrogen) atoms. The van der Waals surface area contributed by atoms with Crippen molar-refractivity contribution in [3.05, 3.63) is 12.7 Å². The standard InChI is InChI=1S/C20H31N3O7/c1-8-9-29-15(25)12-10-22-11-13(21-17(28)30-19(5,6)7)14(24)23(22)20(12,16(26)27)18(2,3)4/h8,12-13H,1,9-11H2,2-7H3,(H,21,28)(H,26,27). The van der Waals surface area contributed by atoms with Crippen molar-refractivity contribution >= 4 is 23.9 Å². The first-order valence-corrected chi connectivity index (χ1v) is 9.76. The van der Waals surface area contributed by atoms with E-state index in [2.05, 4.69) is 11.9 Å². The fraction of sp³-hybridized carbons (Fsp3) is 0.700. The molecule has 3 atom stereocenters. The molecule has 2 aliphatic heterocycles. The first-order valence-electron chi connectivity index (χ1n) is 9.76. The molecule has 2 rings (SSSR count). The fourth-order valence-corrected chi connectivity index (χ4v) is 4.15. The third kappa shape index (κ3) is 4.00. The molecule has 168 valence electrons. The van der Waals surface area contributed by atoms with Crippen molar-refractivity contribution in [3.63, 3.8) is 0 Å². The van der Waals surface area contributed by atoms with Crippen LogP contribution < -0.4 is 5.32 Å². The van der Waals surface area contributed by atoms with Gasteiger partial charge >= 0.3 is 18.0 Å². The number of fused-ring (bicyclic) bond motifs is 1. The lowest BCUT2D eigenvalue weighted by Crippen LogP contribution is -2.66. The molecule has 0 aromatic heterocycles. The highest BCUT2D eigenvalue weighted by atomic mass is 16.6. The number of hydrogen-bond acceptors (Lipinski definition) is 7. The highest BCUT2D eigenvalue weighted by molar-refractivity contribution is 5.97. The summed E-state index contributed by atoms with van der Waals surface area (Å²) in [5.74, 6) is -3.76. The van der Waals surface area contributed by atoms with Crippen LogP contribution in [0.3, 0.4) is 0 Å². The predicted molar refractivity (Wildman–Crippen MR) is 106 cm³/mol. The monoisotopic (exact) mass is 425 g/mol. The smallest absolute Gasteiger partial charge is 0.408 e. The zero-order valence-corrected chi connectivity index (χ0v) is 18.4. The number of esters is 1. The second-order valence-electron chi connectivity index (χ2n) is 9.51. The minimum atomic E-state index is -1.88. The van der Waals surface area contributed by atoms with Crippen LogP contribution in [0.2, 0.25) is 0 Å². The van der Waals surface area contributed by atoms with Gasteiger partial charge in [0.2, 0.25) is 0 Å². The molecule has 2 saturated heterocycles. The molecule has 2 heterocycles. The molecule has 0 bridgehead atoms. The van der Waals surface area contributed by atoms with E-state index in [-0.39, 0.29) is 19.7 Å². The van der Waals surface area contributed by atoms with Gasteiger partial charge in [-0.3, -0.25) is 14.6 Å². The second kappa shape index (κ2) is 7.90. The topological polar surface area (TPSA) is 125 Å². The molecule has 2 amide bonds. The highest BCUT2D eigenvalue weighted by Gasteiger charge is 2.71. The van der Waals surface area contributed by atoms with Gasteiger partial charge in [-0.2, -0.15) is 0 Å². The lowest BCUT2D eigenvalue weighted by molar-refractivity contribution is -0.182. The van der Waals surface area contributed by atoms with Crippen LogP contribution in [0.5, 0.6) is 0 Å². The lowest BCUT2D eigenvalue weighted by atomic mass is 9.66. The van der Waals surface area contributed by atoms with Gasteiger partial charge in [0.15, 0.2) is 5.54 Å². The number of rotatable bonds is 5. The van der Waals surface area contributed by atoms with Crippen molar-refractivity contribution in [1.29, 1.82) is 0 Å². The number of amides is 2. The number of carboxylic acids is 1. The van der Waals surface area contributed by atoms with E-state index in [0.29, 0.717) is 0 Å². The average molecular weight is 425 g/mol. The van der Waals surface area contributed by atoms with Crippen molar-refractivity contribution in [3.8, 4) is 0 Å². The third-order valence-electron chi connectivity index (χ3n) is 5.20. The van der Waals surface area contributed by atoms with Gasteiger partial charge in [-0.05, 0) is 26.2 Å². The van der Waals surface area contributed by atoms with Gasteiger partial charge in [-0.25, -0.2) is 14.6 Å². The summed E-state index contributed by atoms with van der Waals surface area (Å²) in [7, 11) is 0. The molecule has 10 heteroatoms. The zero-order chi connectivity index (χ0) is 23.1. The molecule has 0 aliphatic carbocycles. The van der Waals surface area contributed by atoms with Crippen LogP contribution in [0.1, 0.15) is 41.5 Å². The summed E-state index contributed by atoms with van der Waals surface area (Å²) in [4.78, 5) is 50.7. The highest BCUT2D eigenvalue weighted by Crippen LogP contribution is 2.49. The quantitative estimate of drug-likeness (QED) is 0.497. The van der Waals surface area contributed by atoms with Crippen molar-refractivity contribution < 1.29 is 33.8 Å². The van der Waals surface area contributed by atoms with Crippen LogP contribution >= 0.6 is 0 Å². The number of ether oxygens (including phenoxy) is 2. The third-order valence-corrected chi connectivity index (χ3v) is 5.20. The number of nitrogens with zero attached hydrogens (tertiary/aromatic N) is 2. The van der Waals surface area contributed by atoms with E-state index in [1.165, 1.54) is 11.1 Å². The minimum absolute atomic E-state index is 0.0222. The van der Waals surface area contributed by atoms with Gasteiger partial charge in [0.1, 0.15) is 24.2 Å². The summed E-state index contributed by atoms with van der Waals surface area (Å²) in [5, 5.41) is 15.4. The largest absolute Gasteiger partial charge is 0.479 e. The summed E-state index contributed by atoms with van der Waals surface area (Å²) in [5.41, 5.74) is -3.66. The maximum absolute atomic E-state index is 13.2. The van der Waals surface area contributed by atoms with Gasteiger partial charge in [0.05, 0.1) is 0 Å². The maximum atomic E-state index is 13.2. The number of carboxylic acid groups (broad SMARTS) is 1. The van der Waals surface area contributed by atoms with E-state index in [1.54, 1.807) is 41.5 Å². The Labute approximate surface area is 176 Å². The first kappa shape index (κ1) is 23.7. The van der Waals surface area contributed by atoms with E-state index in [4.69, 9.17) is 9.47 Å². The van der Waals surface area contributed by atoms with Gasteiger partial charge in [-0.1, -0.05) is 33.4 Å². The zero-order valence-electron chi connectivity index (χ0n) is 18.4. The van der Waals surface area contributed by atoms with Gasteiger partial charge in [-0.15, -0.1) is 0 Å². The Hall–Kier alpha value is -2.62. The van der Waals surface area contributed by atoms with Crippen LogP contribution in [0.15, 0.2) is 12.7 Å². The molecule has 10 nitrogen and oxygen atoms in total. The molecule has 0 saturated carbocycles. The second-order valence-corrected chi connectivity index (χ2v) is 9.51. The van der Waals surface area contributed by atoms with Gasteiger partial charge in [0.25, 0.3) is 5.91 Å². The number of hydrogen-bond donors (Lipinski definition) is 2. The van der Waals surface area contributed by atoms with E-state index in [1.807, 2.05) is 0 Å². The van der Waals surface area contributed by atoms with Crippen molar-refractivity contribution in [1.82, 2.24) is 15.3 Å². The SMILES string of the molecule is C=CCOC(=O)C1CN2CC(NC(=O)OC(C)(C)C)C(=O)N2C1(C(=O)O)C(C)(C)C. The molecule has 0 radical (unpaired) electrons. The van der Waals surface area contributed by atoms with E-state index < -0.39 is 52.5 Å². The molecule has 2 N–H and O–H groups in total. The summed E-state index contributed by atoms with van der Waals surface area (Å²) in [6, 6.07) is -0.994. The van der Waals surface area contributed by atoms with Crippen molar-refractivity contribution in [2.75, 3.05) is 19.7 Å². The Bertz CT molecular complexity index is 752. The first-order chi connectivity index (χ1) is 13.7. The Morgan fingerprint density at radius 1 is 1.23 bits per heavy atom. The Morgan fingerprint density at radius 3 is 2.30 bits per heavy atom. The van der Waals surface area contributed by atoms with Gasteiger partial charge < -0.3 is 19.9 Å². The number of alkyl carbamates (subject to hydrolysis) is 1. The summed E-state index contributed by atoms with van der Waals surface area (Å²) in [6.07, 6.45) is 0.613. The summed E-state index contributed by atoms with van der Waals surface area (Å²) < 4.78 is 10.3. The number of carbonyl (C=O) groups excluding carboxylic acids is 3. The Morgan fingerprint density at radius 2 is 1.83 bits per heavy atom. The predicted octanol–water partition coefficient (Wildman–Crippen LogP) is 1.17. The number of nitrogens with one attached hydrogen (secondary N) is 1. The molecular formula is C20H31N3O7. The van der Waals surface area contributed by atoms with Crippen molar-refractivity contribution in [2.45, 2.75) is 58.7 Å². The molecule has 2 aliphatic rings. The van der Waals surface area contributed by atoms with Crippen LogP contribution in [-0.2, 0) is 23.9 Å². The molecule has 2 fully saturated rings. The van der Waals surface area contributed by atoms with Crippen LogP contribution in [0.25, 0.3) is 0 Å². The number of hydrazine groups is 1. The fourth-order valence-electron chi connectivity index (χ4n) is 4.15. The molecule has 0 aromatic carbocycles. The van der Waals surface area contributed by atoms with Crippen LogP contribution in [0.4, 0.5) is 4.79 Å². The van der Waals surface area contributed by atoms with Gasteiger partial charge in [0, 0.05) is 13.1 Å².